The van der Waals surface area contributed by atoms with E-state index in [1.54, 1.807) is 0 Å². The first kappa shape index (κ1) is 8.21. The van der Waals surface area contributed by atoms with E-state index in [9.17, 15) is 0 Å². The lowest BCUT2D eigenvalue weighted by Gasteiger charge is -1.86. The van der Waals surface area contributed by atoms with Crippen molar-refractivity contribution in [3.05, 3.63) is 24.3 Å². The van der Waals surface area contributed by atoms with Gasteiger partial charge < -0.3 is 0 Å². The summed E-state index contributed by atoms with van der Waals surface area (Å²) in [5.74, 6) is 0. The standard InChI is InChI=1S/C7H11I/c1-3-7(2)5-4-6-8/h3,5H,1,4,6H2,2H3. The highest BCUT2D eigenvalue weighted by atomic mass is 127. The number of rotatable bonds is 3. The van der Waals surface area contributed by atoms with Gasteiger partial charge in [-0.05, 0) is 13.3 Å². The molecule has 0 bridgehead atoms. The Morgan fingerprint density at radius 3 is 2.75 bits per heavy atom. The molecule has 0 saturated heterocycles. The predicted molar refractivity (Wildman–Crippen MR) is 47.5 cm³/mol. The van der Waals surface area contributed by atoms with Crippen LogP contribution in [0.2, 0.25) is 0 Å². The molecule has 0 aliphatic heterocycles. The molecule has 0 aliphatic carbocycles. The summed E-state index contributed by atoms with van der Waals surface area (Å²) in [6.07, 6.45) is 5.24. The molecule has 0 aromatic carbocycles. The minimum absolute atomic E-state index is 1.17. The van der Waals surface area contributed by atoms with Gasteiger partial charge in [0.05, 0.1) is 0 Å². The molecule has 8 heavy (non-hydrogen) atoms. The molecule has 0 aliphatic rings. The first-order chi connectivity index (χ1) is 3.81. The first-order valence-electron chi connectivity index (χ1n) is 2.66. The summed E-state index contributed by atoms with van der Waals surface area (Å²) in [6.45, 7) is 5.71. The first-order valence-corrected chi connectivity index (χ1v) is 4.19. The van der Waals surface area contributed by atoms with Crippen LogP contribution in [0.5, 0.6) is 0 Å². The molecule has 0 nitrogen and oxygen atoms in total. The second-order valence-electron chi connectivity index (χ2n) is 1.63. The molecule has 0 aromatic heterocycles. The van der Waals surface area contributed by atoms with Crippen molar-refractivity contribution in [3.8, 4) is 0 Å². The van der Waals surface area contributed by atoms with Crippen molar-refractivity contribution >= 4 is 22.6 Å². The van der Waals surface area contributed by atoms with E-state index in [1.165, 1.54) is 16.4 Å². The summed E-state index contributed by atoms with van der Waals surface area (Å²) >= 11 is 2.36. The van der Waals surface area contributed by atoms with Gasteiger partial charge in [-0.2, -0.15) is 0 Å². The highest BCUT2D eigenvalue weighted by molar-refractivity contribution is 14.1. The summed E-state index contributed by atoms with van der Waals surface area (Å²) in [5, 5.41) is 0. The predicted octanol–water partition coefficient (Wildman–Crippen LogP) is 2.94. The Hall–Kier alpha value is 0.210. The van der Waals surface area contributed by atoms with Gasteiger partial charge in [0, 0.05) is 4.43 Å². The van der Waals surface area contributed by atoms with Gasteiger partial charge in [-0.1, -0.05) is 46.9 Å². The fourth-order valence-electron chi connectivity index (χ4n) is 0.366. The van der Waals surface area contributed by atoms with E-state index >= 15 is 0 Å². The molecule has 0 atom stereocenters. The second kappa shape index (κ2) is 5.35. The molecule has 1 heteroatoms. The smallest absolute Gasteiger partial charge is 0.00301 e. The van der Waals surface area contributed by atoms with E-state index in [4.69, 9.17) is 0 Å². The Bertz CT molecular complexity index is 92.6. The third-order valence-electron chi connectivity index (χ3n) is 0.897. The lowest BCUT2D eigenvalue weighted by molar-refractivity contribution is 1.24. The van der Waals surface area contributed by atoms with E-state index in [0.29, 0.717) is 0 Å². The maximum atomic E-state index is 3.64. The molecule has 0 saturated carbocycles. The van der Waals surface area contributed by atoms with Gasteiger partial charge in [0.1, 0.15) is 0 Å². The zero-order valence-electron chi connectivity index (χ0n) is 5.15. The Morgan fingerprint density at radius 2 is 2.38 bits per heavy atom. The molecular weight excluding hydrogens is 211 g/mol. The fraction of sp³-hybridized carbons (Fsp3) is 0.429. The van der Waals surface area contributed by atoms with Crippen LogP contribution in [-0.4, -0.2) is 4.43 Å². The van der Waals surface area contributed by atoms with Gasteiger partial charge in [-0.25, -0.2) is 0 Å². The van der Waals surface area contributed by atoms with Crippen LogP contribution in [-0.2, 0) is 0 Å². The molecule has 0 rings (SSSR count). The molecular formula is C7H11I. The topological polar surface area (TPSA) is 0 Å². The van der Waals surface area contributed by atoms with E-state index in [-0.39, 0.29) is 0 Å². The number of alkyl halides is 1. The molecule has 0 heterocycles. The van der Waals surface area contributed by atoms with Crippen molar-refractivity contribution in [1.82, 2.24) is 0 Å². The van der Waals surface area contributed by atoms with Gasteiger partial charge in [-0.15, -0.1) is 0 Å². The van der Waals surface area contributed by atoms with Crippen LogP contribution in [0.1, 0.15) is 13.3 Å². The molecule has 46 valence electrons. The minimum atomic E-state index is 1.17. The van der Waals surface area contributed by atoms with Gasteiger partial charge >= 0.3 is 0 Å². The third kappa shape index (κ3) is 4.37. The third-order valence-corrected chi connectivity index (χ3v) is 1.52. The Kier molecular flexibility index (Phi) is 5.49. The van der Waals surface area contributed by atoms with Crippen LogP contribution < -0.4 is 0 Å². The normalized spacial score (nSPS) is 11.5. The van der Waals surface area contributed by atoms with Crippen molar-refractivity contribution in [1.29, 1.82) is 0 Å². The zero-order chi connectivity index (χ0) is 6.41. The Morgan fingerprint density at radius 1 is 1.75 bits per heavy atom. The average molecular weight is 222 g/mol. The largest absolute Gasteiger partial charge is 0.0988 e. The maximum absolute atomic E-state index is 3.64. The summed E-state index contributed by atoms with van der Waals surface area (Å²) in [6, 6.07) is 0. The van der Waals surface area contributed by atoms with Crippen LogP contribution in [0, 0.1) is 0 Å². The minimum Gasteiger partial charge on any atom is -0.0988 e. The van der Waals surface area contributed by atoms with Crippen molar-refractivity contribution in [2.45, 2.75) is 13.3 Å². The van der Waals surface area contributed by atoms with Gasteiger partial charge in [-0.3, -0.25) is 0 Å². The number of allylic oxidation sites excluding steroid dienone is 3. The second-order valence-corrected chi connectivity index (χ2v) is 2.71. The van der Waals surface area contributed by atoms with E-state index in [0.717, 1.165) is 0 Å². The molecule has 0 unspecified atom stereocenters. The summed E-state index contributed by atoms with van der Waals surface area (Å²) < 4.78 is 1.20. The van der Waals surface area contributed by atoms with Crippen molar-refractivity contribution < 1.29 is 0 Å². The molecule has 0 N–H and O–H groups in total. The lowest BCUT2D eigenvalue weighted by Crippen LogP contribution is -1.69. The van der Waals surface area contributed by atoms with Crippen molar-refractivity contribution in [2.24, 2.45) is 0 Å². The summed E-state index contributed by atoms with van der Waals surface area (Å²) in [5.41, 5.74) is 1.28. The number of hydrogen-bond acceptors (Lipinski definition) is 0. The van der Waals surface area contributed by atoms with Gasteiger partial charge in [0.2, 0.25) is 0 Å². The quantitative estimate of drug-likeness (QED) is 0.391. The van der Waals surface area contributed by atoms with Gasteiger partial charge in [0.15, 0.2) is 0 Å². The molecule has 0 aromatic rings. The fourth-order valence-corrected chi connectivity index (χ4v) is 0.677. The van der Waals surface area contributed by atoms with Gasteiger partial charge in [0.25, 0.3) is 0 Å². The van der Waals surface area contributed by atoms with Crippen LogP contribution in [0.15, 0.2) is 24.3 Å². The van der Waals surface area contributed by atoms with Crippen LogP contribution in [0.25, 0.3) is 0 Å². The van der Waals surface area contributed by atoms with Crippen LogP contribution in [0.4, 0.5) is 0 Å². The number of halogens is 1. The van der Waals surface area contributed by atoms with Crippen molar-refractivity contribution in [3.63, 3.8) is 0 Å². The SMILES string of the molecule is C=CC(C)=CCCI. The van der Waals surface area contributed by atoms with Crippen LogP contribution in [0.3, 0.4) is 0 Å². The molecule has 0 radical (unpaired) electrons. The monoisotopic (exact) mass is 222 g/mol. The number of hydrogen-bond donors (Lipinski definition) is 0. The van der Waals surface area contributed by atoms with Crippen molar-refractivity contribution in [2.75, 3.05) is 4.43 Å². The molecule has 0 fully saturated rings. The van der Waals surface area contributed by atoms with E-state index in [2.05, 4.69) is 42.2 Å². The molecule has 0 amide bonds. The highest BCUT2D eigenvalue weighted by Gasteiger charge is 1.77. The average Bonchev–Trinajstić information content (AvgIpc) is 1.83. The van der Waals surface area contributed by atoms with Crippen LogP contribution >= 0.6 is 22.6 Å². The molecule has 0 spiro atoms. The summed E-state index contributed by atoms with van der Waals surface area (Å²) in [7, 11) is 0. The van der Waals surface area contributed by atoms with E-state index in [1.807, 2.05) is 6.08 Å². The lowest BCUT2D eigenvalue weighted by atomic mass is 10.2. The zero-order valence-corrected chi connectivity index (χ0v) is 7.31. The maximum Gasteiger partial charge on any atom is 0.00301 e. The van der Waals surface area contributed by atoms with E-state index < -0.39 is 0 Å². The summed E-state index contributed by atoms with van der Waals surface area (Å²) in [4.78, 5) is 0. The Labute approximate surface area is 64.8 Å². The Balaban J connectivity index is 3.40. The highest BCUT2D eigenvalue weighted by Crippen LogP contribution is 1.97.